The highest BCUT2D eigenvalue weighted by molar-refractivity contribution is 5.76. The summed E-state index contributed by atoms with van der Waals surface area (Å²) in [5.74, 6) is -1.39. The number of carbonyl (C=O) groups excluding carboxylic acids is 1. The van der Waals surface area contributed by atoms with Gasteiger partial charge in [0, 0.05) is 26.7 Å². The zero-order valence-corrected chi connectivity index (χ0v) is 10.1. The number of aliphatic carboxylic acids is 1. The smallest absolute Gasteiger partial charge is 0.319 e. The highest BCUT2D eigenvalue weighted by Crippen LogP contribution is 2.24. The molecule has 1 saturated carbocycles. The minimum absolute atomic E-state index is 0.0854. The number of hydrogen-bond donors (Lipinski definition) is 1. The molecule has 0 aromatic rings. The molecule has 1 unspecified atom stereocenters. The van der Waals surface area contributed by atoms with Gasteiger partial charge >= 0.3 is 12.0 Å². The summed E-state index contributed by atoms with van der Waals surface area (Å²) in [5.41, 5.74) is 0. The quantitative estimate of drug-likeness (QED) is 0.787. The Morgan fingerprint density at radius 2 is 1.94 bits per heavy atom. The van der Waals surface area contributed by atoms with Crippen LogP contribution in [-0.4, -0.2) is 53.6 Å². The van der Waals surface area contributed by atoms with Crippen molar-refractivity contribution in [1.82, 2.24) is 9.80 Å². The van der Waals surface area contributed by atoms with Gasteiger partial charge in [0.2, 0.25) is 0 Å². The third-order valence-electron chi connectivity index (χ3n) is 3.22. The largest absolute Gasteiger partial charge is 0.481 e. The Morgan fingerprint density at radius 1 is 1.38 bits per heavy atom. The van der Waals surface area contributed by atoms with E-state index in [0.717, 1.165) is 12.8 Å². The van der Waals surface area contributed by atoms with E-state index >= 15 is 0 Å². The average molecular weight is 228 g/mol. The lowest BCUT2D eigenvalue weighted by Crippen LogP contribution is -2.48. The Bertz CT molecular complexity index is 276. The van der Waals surface area contributed by atoms with E-state index in [1.54, 1.807) is 25.9 Å². The van der Waals surface area contributed by atoms with Crippen LogP contribution in [0.1, 0.15) is 26.2 Å². The third kappa shape index (κ3) is 2.87. The molecule has 92 valence electrons. The molecule has 0 radical (unpaired) electrons. The topological polar surface area (TPSA) is 60.9 Å². The first-order chi connectivity index (χ1) is 7.43. The van der Waals surface area contributed by atoms with Crippen LogP contribution in [0.25, 0.3) is 0 Å². The van der Waals surface area contributed by atoms with Crippen LogP contribution < -0.4 is 0 Å². The molecule has 0 aromatic carbocycles. The molecule has 5 heteroatoms. The molecular weight excluding hydrogens is 208 g/mol. The molecule has 1 fully saturated rings. The van der Waals surface area contributed by atoms with E-state index in [0.29, 0.717) is 6.04 Å². The summed E-state index contributed by atoms with van der Waals surface area (Å²) in [5, 5.41) is 8.77. The summed E-state index contributed by atoms with van der Waals surface area (Å²) in [6.07, 6.45) is 3.30. The fourth-order valence-corrected chi connectivity index (χ4v) is 1.77. The van der Waals surface area contributed by atoms with Gasteiger partial charge in [-0.15, -0.1) is 0 Å². The van der Waals surface area contributed by atoms with Gasteiger partial charge in [-0.1, -0.05) is 6.92 Å². The van der Waals surface area contributed by atoms with Crippen LogP contribution in [0.5, 0.6) is 0 Å². The van der Waals surface area contributed by atoms with Gasteiger partial charge in [-0.25, -0.2) is 4.79 Å². The maximum absolute atomic E-state index is 11.9. The van der Waals surface area contributed by atoms with E-state index in [1.807, 2.05) is 0 Å². The van der Waals surface area contributed by atoms with Gasteiger partial charge in [-0.3, -0.25) is 4.79 Å². The average Bonchev–Trinajstić information content (AvgIpc) is 2.13. The fraction of sp³-hybridized carbons (Fsp3) is 0.818. The number of nitrogens with zero attached hydrogens (tertiary/aromatic N) is 2. The Balaban J connectivity index is 2.43. The van der Waals surface area contributed by atoms with Crippen molar-refractivity contribution in [2.24, 2.45) is 5.92 Å². The first kappa shape index (κ1) is 12.8. The molecule has 1 N–H and O–H groups in total. The number of hydrogen-bond acceptors (Lipinski definition) is 2. The molecule has 5 nitrogen and oxygen atoms in total. The van der Waals surface area contributed by atoms with E-state index in [4.69, 9.17) is 5.11 Å². The molecule has 0 bridgehead atoms. The molecule has 0 heterocycles. The zero-order chi connectivity index (χ0) is 12.3. The van der Waals surface area contributed by atoms with Crippen molar-refractivity contribution in [3.63, 3.8) is 0 Å². The van der Waals surface area contributed by atoms with Crippen molar-refractivity contribution in [2.45, 2.75) is 32.2 Å². The maximum Gasteiger partial charge on any atom is 0.319 e. The summed E-state index contributed by atoms with van der Waals surface area (Å²) >= 11 is 0. The van der Waals surface area contributed by atoms with Crippen molar-refractivity contribution in [3.8, 4) is 0 Å². The Kier molecular flexibility index (Phi) is 4.15. The van der Waals surface area contributed by atoms with E-state index in [-0.39, 0.29) is 12.6 Å². The maximum atomic E-state index is 11.9. The normalized spacial score (nSPS) is 17.4. The summed E-state index contributed by atoms with van der Waals surface area (Å²) in [6.45, 7) is 1.86. The summed E-state index contributed by atoms with van der Waals surface area (Å²) in [7, 11) is 3.44. The van der Waals surface area contributed by atoms with Gasteiger partial charge in [-0.05, 0) is 19.3 Å². The van der Waals surface area contributed by atoms with Gasteiger partial charge in [0.15, 0.2) is 0 Å². The third-order valence-corrected chi connectivity index (χ3v) is 3.22. The number of rotatable bonds is 4. The van der Waals surface area contributed by atoms with Crippen LogP contribution >= 0.6 is 0 Å². The summed E-state index contributed by atoms with van der Waals surface area (Å²) in [4.78, 5) is 25.8. The van der Waals surface area contributed by atoms with Crippen LogP contribution in [0.3, 0.4) is 0 Å². The van der Waals surface area contributed by atoms with Gasteiger partial charge in [0.05, 0.1) is 5.92 Å². The van der Waals surface area contributed by atoms with Crippen LogP contribution in [0, 0.1) is 5.92 Å². The van der Waals surface area contributed by atoms with Crippen LogP contribution in [0.2, 0.25) is 0 Å². The van der Waals surface area contributed by atoms with Crippen LogP contribution in [0.15, 0.2) is 0 Å². The number of amides is 2. The molecule has 1 aliphatic carbocycles. The summed E-state index contributed by atoms with van der Waals surface area (Å²) in [6, 6.07) is 0.257. The number of carbonyl (C=O) groups is 2. The molecule has 0 aliphatic heterocycles. The standard InChI is InChI=1S/C11H20N2O3/c1-8(10(14)15)7-12(2)11(16)13(3)9-5-4-6-9/h8-9H,4-7H2,1-3H3,(H,14,15). The lowest BCUT2D eigenvalue weighted by Gasteiger charge is -2.37. The van der Waals surface area contributed by atoms with Crippen molar-refractivity contribution < 1.29 is 14.7 Å². The van der Waals surface area contributed by atoms with E-state index in [9.17, 15) is 9.59 Å². The van der Waals surface area contributed by atoms with Gasteiger partial charge in [0.25, 0.3) is 0 Å². The molecule has 16 heavy (non-hydrogen) atoms. The Hall–Kier alpha value is -1.26. The first-order valence-corrected chi connectivity index (χ1v) is 5.64. The number of carboxylic acids is 1. The number of urea groups is 1. The molecule has 0 spiro atoms. The van der Waals surface area contributed by atoms with Crippen LogP contribution in [-0.2, 0) is 4.79 Å². The minimum atomic E-state index is -0.869. The van der Waals surface area contributed by atoms with Gasteiger partial charge < -0.3 is 14.9 Å². The van der Waals surface area contributed by atoms with Gasteiger partial charge in [-0.2, -0.15) is 0 Å². The molecular formula is C11H20N2O3. The van der Waals surface area contributed by atoms with E-state index in [2.05, 4.69) is 0 Å². The predicted octanol–water partition coefficient (Wildman–Crippen LogP) is 1.24. The van der Waals surface area contributed by atoms with Crippen molar-refractivity contribution >= 4 is 12.0 Å². The highest BCUT2D eigenvalue weighted by Gasteiger charge is 2.28. The zero-order valence-electron chi connectivity index (χ0n) is 10.1. The molecule has 0 aromatic heterocycles. The highest BCUT2D eigenvalue weighted by atomic mass is 16.4. The SMILES string of the molecule is CC(CN(C)C(=O)N(C)C1CCC1)C(=O)O. The Labute approximate surface area is 96.0 Å². The van der Waals surface area contributed by atoms with Crippen molar-refractivity contribution in [1.29, 1.82) is 0 Å². The second-order valence-electron chi connectivity index (χ2n) is 4.60. The second-order valence-corrected chi connectivity index (χ2v) is 4.60. The minimum Gasteiger partial charge on any atom is -0.481 e. The van der Waals surface area contributed by atoms with E-state index < -0.39 is 11.9 Å². The molecule has 1 rings (SSSR count). The lowest BCUT2D eigenvalue weighted by atomic mass is 9.92. The predicted molar refractivity (Wildman–Crippen MR) is 60.2 cm³/mol. The second kappa shape index (κ2) is 5.18. The van der Waals surface area contributed by atoms with Crippen LogP contribution in [0.4, 0.5) is 4.79 Å². The lowest BCUT2D eigenvalue weighted by molar-refractivity contribution is -0.141. The fourth-order valence-electron chi connectivity index (χ4n) is 1.77. The van der Waals surface area contributed by atoms with Crippen molar-refractivity contribution in [2.75, 3.05) is 20.6 Å². The molecule has 0 saturated heterocycles. The van der Waals surface area contributed by atoms with E-state index in [1.165, 1.54) is 11.3 Å². The van der Waals surface area contributed by atoms with Crippen molar-refractivity contribution in [3.05, 3.63) is 0 Å². The van der Waals surface area contributed by atoms with Gasteiger partial charge in [0.1, 0.15) is 0 Å². The summed E-state index contributed by atoms with van der Waals surface area (Å²) < 4.78 is 0. The monoisotopic (exact) mass is 228 g/mol. The molecule has 1 atom stereocenters. The Morgan fingerprint density at radius 3 is 2.31 bits per heavy atom. The first-order valence-electron chi connectivity index (χ1n) is 5.64. The number of carboxylic acid groups (broad SMARTS) is 1. The molecule has 1 aliphatic rings. The molecule has 2 amide bonds.